The van der Waals surface area contributed by atoms with Crippen LogP contribution >= 0.6 is 0 Å². The van der Waals surface area contributed by atoms with E-state index >= 15 is 0 Å². The highest BCUT2D eigenvalue weighted by atomic mass is 16.5. The van der Waals surface area contributed by atoms with E-state index < -0.39 is 0 Å². The summed E-state index contributed by atoms with van der Waals surface area (Å²) in [6.07, 6.45) is 0.972. The maximum atomic E-state index is 11.2. The number of rotatable bonds is 3. The van der Waals surface area contributed by atoms with E-state index in [4.69, 9.17) is 14.7 Å². The molecule has 7 nitrogen and oxygen atoms in total. The summed E-state index contributed by atoms with van der Waals surface area (Å²) in [5.41, 5.74) is 4.11. The van der Waals surface area contributed by atoms with Gasteiger partial charge in [-0.05, 0) is 37.7 Å². The zero-order valence-electron chi connectivity index (χ0n) is 15.9. The van der Waals surface area contributed by atoms with E-state index in [-0.39, 0.29) is 5.91 Å². The first-order valence-electron chi connectivity index (χ1n) is 9.39. The number of nitrogens with one attached hydrogen (secondary N) is 1. The number of hydrogen-bond donors (Lipinski definition) is 1. The summed E-state index contributed by atoms with van der Waals surface area (Å²) in [6.45, 7) is 6.56. The topological polar surface area (TPSA) is 70.6 Å². The third-order valence-corrected chi connectivity index (χ3v) is 5.01. The average Bonchev–Trinajstić information content (AvgIpc) is 2.67. The number of carbonyl (C=O) groups excluding carboxylic acids is 1. The molecule has 1 amide bonds. The number of ether oxygens (including phenoxy) is 1. The van der Waals surface area contributed by atoms with Gasteiger partial charge < -0.3 is 19.9 Å². The number of fused-ring (bicyclic) bond motifs is 1. The Kier molecular flexibility index (Phi) is 5.05. The van der Waals surface area contributed by atoms with Gasteiger partial charge in [0.15, 0.2) is 5.82 Å². The van der Waals surface area contributed by atoms with E-state index in [0.29, 0.717) is 0 Å². The molecule has 27 heavy (non-hydrogen) atoms. The van der Waals surface area contributed by atoms with Gasteiger partial charge in [-0.25, -0.2) is 9.97 Å². The normalized spacial score (nSPS) is 17.5. The largest absolute Gasteiger partial charge is 0.378 e. The molecule has 2 aromatic rings. The molecular weight excluding hydrogens is 342 g/mol. The second-order valence-electron chi connectivity index (χ2n) is 7.14. The van der Waals surface area contributed by atoms with Gasteiger partial charge in [0.25, 0.3) is 0 Å². The standard InChI is InChI=1S/C20H25N5O2/c1-14(26)21-16-5-3-15(4-6-16)19-22-18-13-24(2)8-7-17(18)20(23-19)25-9-11-27-12-10-25/h3-6H,7-13H2,1-2H3,(H,21,26). The number of benzene rings is 1. The Morgan fingerprint density at radius 3 is 2.56 bits per heavy atom. The minimum absolute atomic E-state index is 0.0783. The molecule has 4 rings (SSSR count). The van der Waals surface area contributed by atoms with Crippen LogP contribution in [0.2, 0.25) is 0 Å². The Bertz CT molecular complexity index is 831. The zero-order chi connectivity index (χ0) is 18.8. The highest BCUT2D eigenvalue weighted by molar-refractivity contribution is 5.88. The van der Waals surface area contributed by atoms with Crippen LogP contribution in [-0.4, -0.2) is 60.7 Å². The van der Waals surface area contributed by atoms with Crippen LogP contribution in [0.15, 0.2) is 24.3 Å². The fourth-order valence-corrected chi connectivity index (χ4v) is 3.61. The first kappa shape index (κ1) is 17.9. The summed E-state index contributed by atoms with van der Waals surface area (Å²) in [6, 6.07) is 7.70. The first-order valence-corrected chi connectivity index (χ1v) is 9.39. The van der Waals surface area contributed by atoms with Crippen molar-refractivity contribution in [2.45, 2.75) is 19.9 Å². The number of hydrogen-bond acceptors (Lipinski definition) is 6. The smallest absolute Gasteiger partial charge is 0.221 e. The second-order valence-corrected chi connectivity index (χ2v) is 7.14. The maximum absolute atomic E-state index is 11.2. The number of amides is 1. The summed E-state index contributed by atoms with van der Waals surface area (Å²) < 4.78 is 5.51. The Morgan fingerprint density at radius 2 is 1.85 bits per heavy atom. The molecule has 1 N–H and O–H groups in total. The molecule has 0 unspecified atom stereocenters. The van der Waals surface area contributed by atoms with Crippen LogP contribution in [0.5, 0.6) is 0 Å². The van der Waals surface area contributed by atoms with Crippen molar-refractivity contribution in [3.8, 4) is 11.4 Å². The Labute approximate surface area is 159 Å². The number of aromatic nitrogens is 2. The average molecular weight is 367 g/mol. The van der Waals surface area contributed by atoms with Crippen LogP contribution in [0.25, 0.3) is 11.4 Å². The molecule has 0 saturated carbocycles. The van der Waals surface area contributed by atoms with E-state index in [1.54, 1.807) is 0 Å². The fraction of sp³-hybridized carbons (Fsp3) is 0.450. The van der Waals surface area contributed by atoms with Gasteiger partial charge >= 0.3 is 0 Å². The quantitative estimate of drug-likeness (QED) is 0.894. The van der Waals surface area contributed by atoms with E-state index in [1.165, 1.54) is 12.5 Å². The minimum atomic E-state index is -0.0783. The molecule has 0 radical (unpaired) electrons. The summed E-state index contributed by atoms with van der Waals surface area (Å²) in [7, 11) is 2.13. The van der Waals surface area contributed by atoms with Crippen LogP contribution in [-0.2, 0) is 22.5 Å². The molecule has 3 heterocycles. The van der Waals surface area contributed by atoms with Crippen LogP contribution in [0.3, 0.4) is 0 Å². The lowest BCUT2D eigenvalue weighted by molar-refractivity contribution is -0.114. The molecule has 1 aromatic heterocycles. The molecule has 2 aliphatic heterocycles. The van der Waals surface area contributed by atoms with Gasteiger partial charge in [0, 0.05) is 49.9 Å². The first-order chi connectivity index (χ1) is 13.1. The van der Waals surface area contributed by atoms with Crippen molar-refractivity contribution >= 4 is 17.4 Å². The summed E-state index contributed by atoms with van der Waals surface area (Å²) in [5.74, 6) is 1.71. The number of anilines is 2. The third-order valence-electron chi connectivity index (χ3n) is 5.01. The van der Waals surface area contributed by atoms with Crippen molar-refractivity contribution in [1.29, 1.82) is 0 Å². The SMILES string of the molecule is CC(=O)Nc1ccc(-c2nc3c(c(N4CCOCC4)n2)CCN(C)C3)cc1. The van der Waals surface area contributed by atoms with Gasteiger partial charge in [-0.15, -0.1) is 0 Å². The highest BCUT2D eigenvalue weighted by Crippen LogP contribution is 2.30. The predicted octanol–water partition coefficient (Wildman–Crippen LogP) is 1.93. The molecule has 142 valence electrons. The van der Waals surface area contributed by atoms with Crippen molar-refractivity contribution < 1.29 is 9.53 Å². The molecular formula is C20H25N5O2. The van der Waals surface area contributed by atoms with Gasteiger partial charge in [0.1, 0.15) is 5.82 Å². The number of morpholine rings is 1. The molecule has 0 aliphatic carbocycles. The Morgan fingerprint density at radius 1 is 1.11 bits per heavy atom. The van der Waals surface area contributed by atoms with Crippen molar-refractivity contribution in [3.63, 3.8) is 0 Å². The monoisotopic (exact) mass is 367 g/mol. The lowest BCUT2D eigenvalue weighted by Crippen LogP contribution is -2.39. The number of nitrogens with zero attached hydrogens (tertiary/aromatic N) is 4. The van der Waals surface area contributed by atoms with Gasteiger partial charge in [0.2, 0.25) is 5.91 Å². The number of carbonyl (C=O) groups is 1. The van der Waals surface area contributed by atoms with Crippen LogP contribution in [0.4, 0.5) is 11.5 Å². The van der Waals surface area contributed by atoms with Crippen molar-refractivity contribution in [3.05, 3.63) is 35.5 Å². The highest BCUT2D eigenvalue weighted by Gasteiger charge is 2.25. The molecule has 7 heteroatoms. The Hall–Kier alpha value is -2.51. The third kappa shape index (κ3) is 3.94. The molecule has 2 aliphatic rings. The van der Waals surface area contributed by atoms with Crippen LogP contribution < -0.4 is 10.2 Å². The Balaban J connectivity index is 1.72. The van der Waals surface area contributed by atoms with Crippen molar-refractivity contribution in [2.75, 3.05) is 50.1 Å². The van der Waals surface area contributed by atoms with E-state index in [9.17, 15) is 4.79 Å². The molecule has 1 aromatic carbocycles. The molecule has 1 fully saturated rings. The van der Waals surface area contributed by atoms with E-state index in [2.05, 4.69) is 22.2 Å². The van der Waals surface area contributed by atoms with Gasteiger partial charge in [-0.1, -0.05) is 0 Å². The van der Waals surface area contributed by atoms with Gasteiger partial charge in [-0.2, -0.15) is 0 Å². The summed E-state index contributed by atoms with van der Waals surface area (Å²) in [5, 5.41) is 2.79. The maximum Gasteiger partial charge on any atom is 0.221 e. The lowest BCUT2D eigenvalue weighted by Gasteiger charge is -2.33. The molecule has 0 atom stereocenters. The molecule has 0 bridgehead atoms. The number of likely N-dealkylation sites (N-methyl/N-ethyl adjacent to an activating group) is 1. The van der Waals surface area contributed by atoms with Gasteiger partial charge in [-0.3, -0.25) is 4.79 Å². The summed E-state index contributed by atoms with van der Waals surface area (Å²) >= 11 is 0. The van der Waals surface area contributed by atoms with E-state index in [1.807, 2.05) is 24.3 Å². The minimum Gasteiger partial charge on any atom is -0.378 e. The zero-order valence-corrected chi connectivity index (χ0v) is 15.9. The van der Waals surface area contributed by atoms with Gasteiger partial charge in [0.05, 0.1) is 18.9 Å². The molecule has 1 saturated heterocycles. The summed E-state index contributed by atoms with van der Waals surface area (Å²) in [4.78, 5) is 25.7. The molecule has 0 spiro atoms. The fourth-order valence-electron chi connectivity index (χ4n) is 3.61. The van der Waals surface area contributed by atoms with E-state index in [0.717, 1.165) is 74.4 Å². The van der Waals surface area contributed by atoms with Crippen LogP contribution in [0.1, 0.15) is 18.2 Å². The predicted molar refractivity (Wildman–Crippen MR) is 105 cm³/mol. The van der Waals surface area contributed by atoms with Crippen molar-refractivity contribution in [1.82, 2.24) is 14.9 Å². The van der Waals surface area contributed by atoms with Crippen molar-refractivity contribution in [2.24, 2.45) is 0 Å². The second kappa shape index (κ2) is 7.62. The van der Waals surface area contributed by atoms with Crippen LogP contribution in [0, 0.1) is 0 Å². The lowest BCUT2D eigenvalue weighted by atomic mass is 10.0.